The van der Waals surface area contributed by atoms with Crippen LogP contribution in [-0.2, 0) is 0 Å². The van der Waals surface area contributed by atoms with Crippen LogP contribution in [0.5, 0.6) is 11.5 Å². The number of carbonyl (C=O) groups excluding carboxylic acids is 1. The Hall–Kier alpha value is -3.14. The van der Waals surface area contributed by atoms with E-state index >= 15 is 0 Å². The molecule has 0 heterocycles. The Bertz CT molecular complexity index is 1030. The Labute approximate surface area is 138 Å². The normalized spacial score (nSPS) is 10.8. The first-order valence-corrected chi connectivity index (χ1v) is 7.50. The van der Waals surface area contributed by atoms with Crippen LogP contribution in [0.15, 0.2) is 53.3 Å². The highest BCUT2D eigenvalue weighted by molar-refractivity contribution is 6.08. The van der Waals surface area contributed by atoms with Crippen molar-refractivity contribution in [2.75, 3.05) is 0 Å². The monoisotopic (exact) mass is 320 g/mol. The number of carbonyl (C=O) groups is 1. The van der Waals surface area contributed by atoms with Gasteiger partial charge in [0.2, 0.25) is 0 Å². The average Bonchev–Trinajstić information content (AvgIpc) is 2.64. The van der Waals surface area contributed by atoms with Crippen LogP contribution in [0.3, 0.4) is 0 Å². The number of Topliss-reactive ketones (excluding diaryl/α,β-unsaturated/α-hetero) is 1. The Morgan fingerprint density at radius 3 is 2.38 bits per heavy atom. The summed E-state index contributed by atoms with van der Waals surface area (Å²) in [5.74, 6) is -1.50. The molecule has 0 spiro atoms. The minimum absolute atomic E-state index is 0.155. The Morgan fingerprint density at radius 2 is 1.67 bits per heavy atom. The molecular formula is C20H16O4. The van der Waals surface area contributed by atoms with Crippen molar-refractivity contribution in [3.8, 4) is 22.6 Å². The summed E-state index contributed by atoms with van der Waals surface area (Å²) in [6, 6.07) is 14.2. The predicted octanol–water partition coefficient (Wildman–Crippen LogP) is 3.79. The van der Waals surface area contributed by atoms with Crippen LogP contribution in [-0.4, -0.2) is 16.0 Å². The van der Waals surface area contributed by atoms with Gasteiger partial charge in [-0.1, -0.05) is 42.5 Å². The number of benzene rings is 2. The van der Waals surface area contributed by atoms with E-state index < -0.39 is 16.9 Å². The lowest BCUT2D eigenvalue weighted by Crippen LogP contribution is -2.01. The van der Waals surface area contributed by atoms with Crippen LogP contribution in [0.25, 0.3) is 21.9 Å². The molecule has 0 fully saturated rings. The number of fused-ring (bicyclic) bond motifs is 1. The second-order valence-corrected chi connectivity index (χ2v) is 5.72. The van der Waals surface area contributed by atoms with Gasteiger partial charge in [0.15, 0.2) is 17.3 Å². The quantitative estimate of drug-likeness (QED) is 0.705. The van der Waals surface area contributed by atoms with E-state index in [0.717, 1.165) is 10.8 Å². The van der Waals surface area contributed by atoms with Gasteiger partial charge in [0.05, 0.1) is 0 Å². The first-order chi connectivity index (χ1) is 11.4. The van der Waals surface area contributed by atoms with Gasteiger partial charge in [0, 0.05) is 11.1 Å². The fraction of sp³-hybridized carbons (Fsp3) is 0.100. The molecule has 0 amide bonds. The van der Waals surface area contributed by atoms with Gasteiger partial charge >= 0.3 is 0 Å². The number of hydrogen-bond donors (Lipinski definition) is 2. The SMILES string of the molecule is CC(=O)c1c(C)cc(O)c(=O)c(O)c1-c1cccc2ccccc12. The summed E-state index contributed by atoms with van der Waals surface area (Å²) in [6.07, 6.45) is 0. The average molecular weight is 320 g/mol. The molecule has 0 aliphatic rings. The topological polar surface area (TPSA) is 74.6 Å². The molecule has 4 heteroatoms. The molecule has 120 valence electrons. The van der Waals surface area contributed by atoms with Crippen LogP contribution in [0.4, 0.5) is 0 Å². The van der Waals surface area contributed by atoms with E-state index in [9.17, 15) is 19.8 Å². The van der Waals surface area contributed by atoms with Crippen molar-refractivity contribution in [1.82, 2.24) is 0 Å². The van der Waals surface area contributed by atoms with Crippen molar-refractivity contribution >= 4 is 16.6 Å². The molecule has 4 nitrogen and oxygen atoms in total. The molecule has 0 bridgehead atoms. The maximum atomic E-state index is 12.2. The number of aryl methyl sites for hydroxylation is 1. The van der Waals surface area contributed by atoms with Crippen LogP contribution >= 0.6 is 0 Å². The summed E-state index contributed by atoms with van der Waals surface area (Å²) in [7, 11) is 0. The number of rotatable bonds is 2. The minimum Gasteiger partial charge on any atom is -0.504 e. The smallest absolute Gasteiger partial charge is 0.262 e. The molecule has 3 aromatic carbocycles. The highest BCUT2D eigenvalue weighted by Crippen LogP contribution is 2.37. The fourth-order valence-corrected chi connectivity index (χ4v) is 3.05. The van der Waals surface area contributed by atoms with E-state index in [4.69, 9.17) is 0 Å². The molecular weight excluding hydrogens is 304 g/mol. The van der Waals surface area contributed by atoms with Gasteiger partial charge in [0.1, 0.15) is 0 Å². The number of ketones is 1. The standard InChI is InChI=1S/C20H16O4/c1-11-10-16(22)19(23)20(24)18(17(11)12(2)21)15-9-5-7-13-6-3-4-8-14(13)15/h3-10H,1-2H3,(H2,22,23,24). The highest BCUT2D eigenvalue weighted by Gasteiger charge is 2.21. The fourth-order valence-electron chi connectivity index (χ4n) is 3.05. The Balaban J connectivity index is 2.59. The molecule has 0 saturated heterocycles. The second kappa shape index (κ2) is 5.81. The van der Waals surface area contributed by atoms with Crippen molar-refractivity contribution in [3.63, 3.8) is 0 Å². The van der Waals surface area contributed by atoms with Crippen LogP contribution in [0, 0.1) is 6.92 Å². The zero-order valence-electron chi connectivity index (χ0n) is 13.3. The summed E-state index contributed by atoms with van der Waals surface area (Å²) < 4.78 is 0. The van der Waals surface area contributed by atoms with Crippen LogP contribution < -0.4 is 5.43 Å². The van der Waals surface area contributed by atoms with Gasteiger partial charge in [0.25, 0.3) is 5.43 Å². The third kappa shape index (κ3) is 2.42. The maximum absolute atomic E-state index is 12.2. The van der Waals surface area contributed by atoms with Gasteiger partial charge in [-0.25, -0.2) is 0 Å². The van der Waals surface area contributed by atoms with Crippen molar-refractivity contribution in [2.24, 2.45) is 0 Å². The van der Waals surface area contributed by atoms with Gasteiger partial charge in [-0.3, -0.25) is 9.59 Å². The van der Waals surface area contributed by atoms with Gasteiger partial charge in [-0.15, -0.1) is 0 Å². The van der Waals surface area contributed by atoms with E-state index in [-0.39, 0.29) is 16.9 Å². The summed E-state index contributed by atoms with van der Waals surface area (Å²) in [6.45, 7) is 3.00. The van der Waals surface area contributed by atoms with E-state index in [1.165, 1.54) is 13.0 Å². The predicted molar refractivity (Wildman–Crippen MR) is 93.7 cm³/mol. The highest BCUT2D eigenvalue weighted by atomic mass is 16.3. The third-order valence-electron chi connectivity index (χ3n) is 4.09. The summed E-state index contributed by atoms with van der Waals surface area (Å²) in [4.78, 5) is 24.4. The van der Waals surface area contributed by atoms with Crippen molar-refractivity contribution in [2.45, 2.75) is 13.8 Å². The molecule has 2 N–H and O–H groups in total. The van der Waals surface area contributed by atoms with E-state index in [1.807, 2.05) is 30.3 Å². The van der Waals surface area contributed by atoms with E-state index in [0.29, 0.717) is 11.1 Å². The zero-order valence-corrected chi connectivity index (χ0v) is 13.3. The molecule has 24 heavy (non-hydrogen) atoms. The lowest BCUT2D eigenvalue weighted by molar-refractivity contribution is 0.101. The molecule has 0 atom stereocenters. The molecule has 0 unspecified atom stereocenters. The largest absolute Gasteiger partial charge is 0.504 e. The maximum Gasteiger partial charge on any atom is 0.262 e. The first-order valence-electron chi connectivity index (χ1n) is 7.50. The van der Waals surface area contributed by atoms with Crippen LogP contribution in [0.2, 0.25) is 0 Å². The molecule has 0 saturated carbocycles. The molecule has 0 aliphatic carbocycles. The molecule has 3 aromatic rings. The lowest BCUT2D eigenvalue weighted by atomic mass is 9.92. The van der Waals surface area contributed by atoms with Gasteiger partial charge < -0.3 is 10.2 Å². The van der Waals surface area contributed by atoms with Crippen molar-refractivity contribution < 1.29 is 15.0 Å². The molecule has 3 rings (SSSR count). The number of aromatic hydroxyl groups is 2. The van der Waals surface area contributed by atoms with E-state index in [2.05, 4.69) is 0 Å². The van der Waals surface area contributed by atoms with Crippen LogP contribution in [0.1, 0.15) is 22.8 Å². The lowest BCUT2D eigenvalue weighted by Gasteiger charge is -2.11. The Kier molecular flexibility index (Phi) is 3.81. The third-order valence-corrected chi connectivity index (χ3v) is 4.09. The Morgan fingerprint density at radius 1 is 1.00 bits per heavy atom. The summed E-state index contributed by atoms with van der Waals surface area (Å²) in [5.41, 5.74) is 0.490. The molecule has 0 radical (unpaired) electrons. The van der Waals surface area contributed by atoms with Crippen molar-refractivity contribution in [1.29, 1.82) is 0 Å². The van der Waals surface area contributed by atoms with Gasteiger partial charge in [-0.05, 0) is 41.8 Å². The summed E-state index contributed by atoms with van der Waals surface area (Å²) in [5, 5.41) is 22.1. The van der Waals surface area contributed by atoms with E-state index in [1.54, 1.807) is 19.1 Å². The first kappa shape index (κ1) is 15.7. The minimum atomic E-state index is -0.895. The van der Waals surface area contributed by atoms with Gasteiger partial charge in [-0.2, -0.15) is 0 Å². The molecule has 0 aliphatic heterocycles. The van der Waals surface area contributed by atoms with Crippen molar-refractivity contribution in [3.05, 3.63) is 69.9 Å². The second-order valence-electron chi connectivity index (χ2n) is 5.72. The zero-order chi connectivity index (χ0) is 17.4. The summed E-state index contributed by atoms with van der Waals surface area (Å²) >= 11 is 0. The number of hydrogen-bond acceptors (Lipinski definition) is 4. The molecule has 0 aromatic heterocycles.